The van der Waals surface area contributed by atoms with E-state index in [0.29, 0.717) is 0 Å². The van der Waals surface area contributed by atoms with E-state index in [4.69, 9.17) is 10.2 Å². The molecule has 0 aromatic rings. The van der Waals surface area contributed by atoms with Crippen LogP contribution in [0.25, 0.3) is 0 Å². The summed E-state index contributed by atoms with van der Waals surface area (Å²) >= 11 is 0. The molecule has 0 aliphatic carbocycles. The van der Waals surface area contributed by atoms with Gasteiger partial charge >= 0.3 is 11.9 Å². The molecule has 0 heterocycles. The molecule has 0 fully saturated rings. The van der Waals surface area contributed by atoms with Crippen molar-refractivity contribution in [2.45, 2.75) is 64.2 Å². The number of carboxylic acids is 2. The van der Waals surface area contributed by atoms with E-state index in [1.807, 2.05) is 0 Å². The second-order valence-corrected chi connectivity index (χ2v) is 4.12. The molecule has 0 saturated heterocycles. The van der Waals surface area contributed by atoms with Gasteiger partial charge in [0, 0.05) is 50.6 Å². The molecule has 0 aromatic heterocycles. The van der Waals surface area contributed by atoms with Crippen LogP contribution in [-0.4, -0.2) is 59.9 Å². The molecule has 0 unspecified atom stereocenters. The van der Waals surface area contributed by atoms with Crippen molar-refractivity contribution in [1.82, 2.24) is 0 Å². The van der Waals surface area contributed by atoms with E-state index in [2.05, 4.69) is 0 Å². The van der Waals surface area contributed by atoms with Gasteiger partial charge in [-0.05, 0) is 12.8 Å². The summed E-state index contributed by atoms with van der Waals surface area (Å²) in [6.45, 7) is 0. The van der Waals surface area contributed by atoms with Crippen molar-refractivity contribution in [2.75, 3.05) is 0 Å². The first-order valence-corrected chi connectivity index (χ1v) is 6.06. The van der Waals surface area contributed by atoms with Crippen LogP contribution in [0, 0.1) is 0 Å². The normalized spacial score (nSPS) is 9.11. The van der Waals surface area contributed by atoms with Crippen LogP contribution in [0.1, 0.15) is 64.2 Å². The van der Waals surface area contributed by atoms with Gasteiger partial charge in [-0.1, -0.05) is 38.5 Å². The molecule has 0 amide bonds. The first kappa shape index (κ1) is 23.2. The zero-order chi connectivity index (χ0) is 12.2. The van der Waals surface area contributed by atoms with Gasteiger partial charge in [-0.15, -0.1) is 0 Å². The van der Waals surface area contributed by atoms with Crippen molar-refractivity contribution < 1.29 is 19.8 Å². The average molecular weight is 244 g/mol. The van der Waals surface area contributed by atoms with Crippen LogP contribution in [0.5, 0.6) is 0 Å². The Morgan fingerprint density at radius 1 is 0.556 bits per heavy atom. The Kier molecular flexibility index (Phi) is 22.1. The number of carbonyl (C=O) groups is 2. The molecule has 0 saturated carbocycles. The third-order valence-electron chi connectivity index (χ3n) is 2.53. The van der Waals surface area contributed by atoms with Crippen LogP contribution in [0.2, 0.25) is 0 Å². The van der Waals surface area contributed by atoms with Crippen molar-refractivity contribution in [1.29, 1.82) is 0 Å². The second-order valence-electron chi connectivity index (χ2n) is 4.12. The van der Waals surface area contributed by atoms with Crippen molar-refractivity contribution >= 4 is 49.7 Å². The first-order chi connectivity index (χ1) is 7.63. The molecule has 0 rings (SSSR count). The van der Waals surface area contributed by atoms with Crippen LogP contribution < -0.4 is 0 Å². The van der Waals surface area contributed by atoms with Gasteiger partial charge in [-0.2, -0.15) is 0 Å². The van der Waals surface area contributed by atoms with Crippen molar-refractivity contribution in [3.63, 3.8) is 0 Å². The Hall–Kier alpha value is 0.135. The minimum atomic E-state index is -0.714. The van der Waals surface area contributed by atoms with Gasteiger partial charge in [0.05, 0.1) is 0 Å². The summed E-state index contributed by atoms with van der Waals surface area (Å²) in [5, 5.41) is 16.8. The van der Waals surface area contributed by atoms with Crippen LogP contribution in [-0.2, 0) is 9.59 Å². The molecule has 2 N–H and O–H groups in total. The van der Waals surface area contributed by atoms with Crippen LogP contribution in [0.3, 0.4) is 0 Å². The number of unbranched alkanes of at least 4 members (excludes halogenated alkanes) is 7. The topological polar surface area (TPSA) is 74.6 Å². The van der Waals surface area contributed by atoms with E-state index in [9.17, 15) is 9.59 Å². The summed E-state index contributed by atoms with van der Waals surface area (Å²) in [5.41, 5.74) is 0. The Morgan fingerprint density at radius 3 is 1.00 bits per heavy atom. The third kappa shape index (κ3) is 21.4. The van der Waals surface area contributed by atoms with Gasteiger partial charge in [-0.25, -0.2) is 0 Å². The summed E-state index contributed by atoms with van der Waals surface area (Å²) in [7, 11) is 0. The molecule has 4 nitrogen and oxygen atoms in total. The molecule has 0 bridgehead atoms. The standard InChI is InChI=1S/C12H22O4.2Li/c13-11(14)9-7-5-3-1-2-4-6-8-10-12(15)16;;/h1-10H2,(H,13,14)(H,15,16);;. The van der Waals surface area contributed by atoms with E-state index in [-0.39, 0.29) is 50.6 Å². The quantitative estimate of drug-likeness (QED) is 0.432. The fourth-order valence-corrected chi connectivity index (χ4v) is 1.61. The van der Waals surface area contributed by atoms with Gasteiger partial charge in [0.15, 0.2) is 0 Å². The minimum absolute atomic E-state index is 0. The number of aliphatic carboxylic acids is 2. The molecule has 0 spiro atoms. The van der Waals surface area contributed by atoms with Gasteiger partial charge in [0.25, 0.3) is 0 Å². The molecule has 96 valence electrons. The predicted molar refractivity (Wildman–Crippen MR) is 72.9 cm³/mol. The molecule has 2 radical (unpaired) electrons. The molecule has 18 heavy (non-hydrogen) atoms. The number of hydrogen-bond donors (Lipinski definition) is 2. The van der Waals surface area contributed by atoms with Crippen molar-refractivity contribution in [3.05, 3.63) is 0 Å². The predicted octanol–water partition coefficient (Wildman–Crippen LogP) is 2.29. The zero-order valence-electron chi connectivity index (χ0n) is 11.8. The Labute approximate surface area is 133 Å². The molecular formula is C12H22Li2O4. The van der Waals surface area contributed by atoms with E-state index in [1.54, 1.807) is 0 Å². The summed E-state index contributed by atoms with van der Waals surface area (Å²) in [6.07, 6.45) is 8.51. The maximum Gasteiger partial charge on any atom is 0.303 e. The van der Waals surface area contributed by atoms with Crippen molar-refractivity contribution in [2.24, 2.45) is 0 Å². The fourth-order valence-electron chi connectivity index (χ4n) is 1.61. The van der Waals surface area contributed by atoms with Crippen molar-refractivity contribution in [3.8, 4) is 0 Å². The van der Waals surface area contributed by atoms with Crippen LogP contribution in [0.15, 0.2) is 0 Å². The second kappa shape index (κ2) is 17.1. The number of hydrogen-bond acceptors (Lipinski definition) is 2. The summed E-state index contributed by atoms with van der Waals surface area (Å²) < 4.78 is 0. The summed E-state index contributed by atoms with van der Waals surface area (Å²) in [4.78, 5) is 20.4. The third-order valence-corrected chi connectivity index (χ3v) is 2.53. The largest absolute Gasteiger partial charge is 0.481 e. The zero-order valence-corrected chi connectivity index (χ0v) is 11.8. The summed E-state index contributed by atoms with van der Waals surface area (Å²) in [5.74, 6) is -1.43. The smallest absolute Gasteiger partial charge is 0.303 e. The monoisotopic (exact) mass is 244 g/mol. The van der Waals surface area contributed by atoms with E-state index in [1.165, 1.54) is 0 Å². The molecule has 6 heteroatoms. The Balaban J connectivity index is -0.00000112. The molecule has 0 atom stereocenters. The van der Waals surface area contributed by atoms with E-state index >= 15 is 0 Å². The van der Waals surface area contributed by atoms with E-state index in [0.717, 1.165) is 51.4 Å². The average Bonchev–Trinajstić information content (AvgIpc) is 2.20. The minimum Gasteiger partial charge on any atom is -0.481 e. The fraction of sp³-hybridized carbons (Fsp3) is 0.833. The SMILES string of the molecule is O=C(O)CCCCCCCCCCC(=O)O.[Li].[Li]. The first-order valence-electron chi connectivity index (χ1n) is 6.06. The van der Waals surface area contributed by atoms with Crippen LogP contribution in [0.4, 0.5) is 0 Å². The van der Waals surface area contributed by atoms with Gasteiger partial charge in [-0.3, -0.25) is 9.59 Å². The summed E-state index contributed by atoms with van der Waals surface area (Å²) in [6, 6.07) is 0. The molecule has 0 aliphatic rings. The van der Waals surface area contributed by atoms with Crippen LogP contribution >= 0.6 is 0 Å². The maximum absolute atomic E-state index is 10.2. The Bertz CT molecular complexity index is 188. The van der Waals surface area contributed by atoms with Gasteiger partial charge in [0.2, 0.25) is 0 Å². The van der Waals surface area contributed by atoms with E-state index < -0.39 is 11.9 Å². The number of carboxylic acid groups (broad SMARTS) is 2. The van der Waals surface area contributed by atoms with Gasteiger partial charge in [0.1, 0.15) is 0 Å². The maximum atomic E-state index is 10.2. The molecule has 0 aliphatic heterocycles. The number of rotatable bonds is 11. The molecule has 0 aromatic carbocycles. The molecular weight excluding hydrogens is 222 g/mol. The van der Waals surface area contributed by atoms with Gasteiger partial charge < -0.3 is 10.2 Å². The Morgan fingerprint density at radius 2 is 0.778 bits per heavy atom.